The maximum atomic E-state index is 4.80. The van der Waals surface area contributed by atoms with Crippen LogP contribution in [0.5, 0.6) is 0 Å². The molecular weight excluding hydrogens is 254 g/mol. The first-order chi connectivity index (χ1) is 9.88. The lowest BCUT2D eigenvalue weighted by Gasteiger charge is -2.26. The maximum Gasteiger partial charge on any atom is 0.191 e. The Balaban J connectivity index is 1.72. The first-order valence-corrected chi connectivity index (χ1v) is 7.52. The second kappa shape index (κ2) is 8.58. The van der Waals surface area contributed by atoms with Gasteiger partial charge in [0.15, 0.2) is 5.96 Å². The third-order valence-electron chi connectivity index (χ3n) is 3.40. The molecule has 0 atom stereocenters. The molecular formula is C14H25N5O. The van der Waals surface area contributed by atoms with Crippen molar-refractivity contribution in [3.63, 3.8) is 0 Å². The summed E-state index contributed by atoms with van der Waals surface area (Å²) in [5.41, 5.74) is 0.846. The smallest absolute Gasteiger partial charge is 0.191 e. The molecule has 0 bridgehead atoms. The summed E-state index contributed by atoms with van der Waals surface area (Å²) >= 11 is 0. The van der Waals surface area contributed by atoms with Gasteiger partial charge in [-0.05, 0) is 32.9 Å². The standard InChI is InChI=1S/C14H25N5O/c1-2-15-14(17-12-13-6-11-20-18-13)16-7-10-19-8-4-3-5-9-19/h6,11H,2-5,7-10,12H2,1H3,(H2,15,16,17). The quantitative estimate of drug-likeness (QED) is 0.605. The van der Waals surface area contributed by atoms with Crippen LogP contribution in [0.25, 0.3) is 0 Å². The average molecular weight is 279 g/mol. The van der Waals surface area contributed by atoms with Gasteiger partial charge in [0.05, 0.1) is 6.54 Å². The molecule has 1 aromatic rings. The van der Waals surface area contributed by atoms with E-state index in [1.165, 1.54) is 32.4 Å². The minimum Gasteiger partial charge on any atom is -0.364 e. The summed E-state index contributed by atoms with van der Waals surface area (Å²) in [5, 5.41) is 10.5. The van der Waals surface area contributed by atoms with Crippen molar-refractivity contribution in [2.75, 3.05) is 32.7 Å². The van der Waals surface area contributed by atoms with Crippen LogP contribution in [0.3, 0.4) is 0 Å². The number of rotatable bonds is 6. The van der Waals surface area contributed by atoms with Gasteiger partial charge in [-0.15, -0.1) is 0 Å². The number of nitrogens with zero attached hydrogens (tertiary/aromatic N) is 3. The van der Waals surface area contributed by atoms with Gasteiger partial charge in [0.2, 0.25) is 0 Å². The van der Waals surface area contributed by atoms with E-state index in [-0.39, 0.29) is 0 Å². The van der Waals surface area contributed by atoms with Gasteiger partial charge in [-0.25, -0.2) is 4.99 Å². The summed E-state index contributed by atoms with van der Waals surface area (Å²) in [4.78, 5) is 7.00. The third-order valence-corrected chi connectivity index (χ3v) is 3.40. The predicted octanol–water partition coefficient (Wildman–Crippen LogP) is 1.22. The molecule has 6 heteroatoms. The molecule has 0 aromatic carbocycles. The van der Waals surface area contributed by atoms with E-state index < -0.39 is 0 Å². The second-order valence-electron chi connectivity index (χ2n) is 5.02. The van der Waals surface area contributed by atoms with Crippen molar-refractivity contribution >= 4 is 5.96 Å². The topological polar surface area (TPSA) is 65.7 Å². The second-order valence-corrected chi connectivity index (χ2v) is 5.02. The van der Waals surface area contributed by atoms with Gasteiger partial charge in [0.25, 0.3) is 0 Å². The van der Waals surface area contributed by atoms with Gasteiger partial charge in [-0.3, -0.25) is 0 Å². The summed E-state index contributed by atoms with van der Waals surface area (Å²) < 4.78 is 4.80. The Bertz CT molecular complexity index is 384. The largest absolute Gasteiger partial charge is 0.364 e. The Morgan fingerprint density at radius 1 is 1.35 bits per heavy atom. The summed E-state index contributed by atoms with van der Waals surface area (Å²) in [6.07, 6.45) is 5.62. The van der Waals surface area contributed by atoms with Crippen LogP contribution in [0.1, 0.15) is 31.9 Å². The Labute approximate surface area is 120 Å². The van der Waals surface area contributed by atoms with E-state index in [4.69, 9.17) is 4.52 Å². The van der Waals surface area contributed by atoms with Crippen molar-refractivity contribution in [3.8, 4) is 0 Å². The Kier molecular flexibility index (Phi) is 6.37. The predicted molar refractivity (Wildman–Crippen MR) is 79.6 cm³/mol. The lowest BCUT2D eigenvalue weighted by Crippen LogP contribution is -2.42. The van der Waals surface area contributed by atoms with Gasteiger partial charge >= 0.3 is 0 Å². The molecule has 1 fully saturated rings. The first kappa shape index (κ1) is 14.8. The van der Waals surface area contributed by atoms with Crippen molar-refractivity contribution in [2.45, 2.75) is 32.7 Å². The minimum absolute atomic E-state index is 0.537. The lowest BCUT2D eigenvalue weighted by molar-refractivity contribution is 0.232. The van der Waals surface area contributed by atoms with Crippen molar-refractivity contribution < 1.29 is 4.52 Å². The van der Waals surface area contributed by atoms with E-state index in [1.54, 1.807) is 6.26 Å². The Morgan fingerprint density at radius 3 is 2.90 bits per heavy atom. The minimum atomic E-state index is 0.537. The molecule has 1 aliphatic heterocycles. The van der Waals surface area contributed by atoms with Gasteiger partial charge in [-0.1, -0.05) is 11.6 Å². The highest BCUT2D eigenvalue weighted by molar-refractivity contribution is 5.79. The van der Waals surface area contributed by atoms with Crippen molar-refractivity contribution in [1.82, 2.24) is 20.7 Å². The van der Waals surface area contributed by atoms with E-state index in [1.807, 2.05) is 6.07 Å². The van der Waals surface area contributed by atoms with Crippen LogP contribution in [0.2, 0.25) is 0 Å². The number of guanidine groups is 1. The summed E-state index contributed by atoms with van der Waals surface area (Å²) in [5.74, 6) is 0.840. The number of aliphatic imine (C=N–C) groups is 1. The molecule has 1 saturated heterocycles. The van der Waals surface area contributed by atoms with Gasteiger partial charge < -0.3 is 20.1 Å². The number of hydrogen-bond acceptors (Lipinski definition) is 4. The monoisotopic (exact) mass is 279 g/mol. The van der Waals surface area contributed by atoms with Crippen LogP contribution >= 0.6 is 0 Å². The maximum absolute atomic E-state index is 4.80. The van der Waals surface area contributed by atoms with E-state index >= 15 is 0 Å². The van der Waals surface area contributed by atoms with Crippen LogP contribution < -0.4 is 10.6 Å². The van der Waals surface area contributed by atoms with Gasteiger partial charge in [0, 0.05) is 25.7 Å². The summed E-state index contributed by atoms with van der Waals surface area (Å²) in [6, 6.07) is 1.83. The zero-order valence-corrected chi connectivity index (χ0v) is 12.3. The van der Waals surface area contributed by atoms with Crippen molar-refractivity contribution in [2.24, 2.45) is 4.99 Å². The molecule has 0 radical (unpaired) electrons. The highest BCUT2D eigenvalue weighted by atomic mass is 16.5. The van der Waals surface area contributed by atoms with E-state index in [0.29, 0.717) is 6.54 Å². The molecule has 2 heterocycles. The van der Waals surface area contributed by atoms with E-state index in [2.05, 4.69) is 32.6 Å². The molecule has 0 amide bonds. The number of nitrogens with one attached hydrogen (secondary N) is 2. The highest BCUT2D eigenvalue weighted by Crippen LogP contribution is 2.07. The van der Waals surface area contributed by atoms with Crippen LogP contribution in [-0.4, -0.2) is 48.7 Å². The Hall–Kier alpha value is -1.56. The van der Waals surface area contributed by atoms with Crippen LogP contribution in [0.4, 0.5) is 0 Å². The van der Waals surface area contributed by atoms with E-state index in [9.17, 15) is 0 Å². The lowest BCUT2D eigenvalue weighted by atomic mass is 10.1. The molecule has 2 N–H and O–H groups in total. The zero-order chi connectivity index (χ0) is 14.0. The molecule has 0 aliphatic carbocycles. The molecule has 0 saturated carbocycles. The van der Waals surface area contributed by atoms with Crippen molar-refractivity contribution in [3.05, 3.63) is 18.0 Å². The fraction of sp³-hybridized carbons (Fsp3) is 0.714. The summed E-state index contributed by atoms with van der Waals surface area (Å²) in [6.45, 7) is 7.92. The molecule has 20 heavy (non-hydrogen) atoms. The molecule has 1 aromatic heterocycles. The fourth-order valence-corrected chi connectivity index (χ4v) is 2.34. The van der Waals surface area contributed by atoms with Crippen LogP contribution in [0.15, 0.2) is 21.8 Å². The normalized spacial score (nSPS) is 17.1. The highest BCUT2D eigenvalue weighted by Gasteiger charge is 2.09. The fourth-order valence-electron chi connectivity index (χ4n) is 2.34. The number of likely N-dealkylation sites (tertiary alicyclic amines) is 1. The number of aromatic nitrogens is 1. The van der Waals surface area contributed by atoms with Crippen molar-refractivity contribution in [1.29, 1.82) is 0 Å². The molecule has 1 aliphatic rings. The summed E-state index contributed by atoms with van der Waals surface area (Å²) in [7, 11) is 0. The number of piperidine rings is 1. The van der Waals surface area contributed by atoms with Gasteiger partial charge in [0.1, 0.15) is 12.0 Å². The molecule has 2 rings (SSSR count). The third kappa shape index (κ3) is 5.21. The molecule has 0 spiro atoms. The van der Waals surface area contributed by atoms with Crippen LogP contribution in [-0.2, 0) is 6.54 Å². The molecule has 112 valence electrons. The SMILES string of the molecule is CCNC(=NCc1ccon1)NCCN1CCCCC1. The van der Waals surface area contributed by atoms with E-state index in [0.717, 1.165) is 31.3 Å². The average Bonchev–Trinajstić information content (AvgIpc) is 2.99. The number of hydrogen-bond donors (Lipinski definition) is 2. The zero-order valence-electron chi connectivity index (χ0n) is 12.3. The van der Waals surface area contributed by atoms with Gasteiger partial charge in [-0.2, -0.15) is 0 Å². The Morgan fingerprint density at radius 2 is 2.20 bits per heavy atom. The van der Waals surface area contributed by atoms with Crippen LogP contribution in [0, 0.1) is 0 Å². The molecule has 0 unspecified atom stereocenters. The molecule has 6 nitrogen and oxygen atoms in total. The first-order valence-electron chi connectivity index (χ1n) is 7.52.